The molecule has 0 atom stereocenters. The number of benzene rings is 1. The molecular weight excluding hydrogens is 374 g/mol. The summed E-state index contributed by atoms with van der Waals surface area (Å²) in [4.78, 5) is 16.8. The Balaban J connectivity index is 1.53. The summed E-state index contributed by atoms with van der Waals surface area (Å²) in [5, 5.41) is 10.8. The summed E-state index contributed by atoms with van der Waals surface area (Å²) in [5.74, 6) is -0.103. The number of fused-ring (bicyclic) bond motifs is 1. The van der Waals surface area contributed by atoms with E-state index >= 15 is 0 Å². The van der Waals surface area contributed by atoms with E-state index in [2.05, 4.69) is 33.1 Å². The summed E-state index contributed by atoms with van der Waals surface area (Å²) in [7, 11) is 1.66. The van der Waals surface area contributed by atoms with Gasteiger partial charge in [0, 0.05) is 36.9 Å². The maximum Gasteiger partial charge on any atom is 0.254 e. The van der Waals surface area contributed by atoms with Gasteiger partial charge in [0.1, 0.15) is 0 Å². The minimum absolute atomic E-state index is 0.103. The van der Waals surface area contributed by atoms with Crippen molar-refractivity contribution in [3.8, 4) is 0 Å². The first-order valence-corrected chi connectivity index (χ1v) is 11.6. The predicted octanol–water partition coefficient (Wildman–Crippen LogP) is 4.66. The van der Waals surface area contributed by atoms with Gasteiger partial charge in [-0.1, -0.05) is 38.5 Å². The molecule has 1 fully saturated rings. The number of nitrogens with two attached hydrogens (primary N) is 1. The summed E-state index contributed by atoms with van der Waals surface area (Å²) in [5.41, 5.74) is 9.04. The molecular formula is C24H37N5O. The van der Waals surface area contributed by atoms with Gasteiger partial charge >= 0.3 is 0 Å². The largest absolute Gasteiger partial charge is 0.385 e. The van der Waals surface area contributed by atoms with Crippen molar-refractivity contribution in [1.82, 2.24) is 10.3 Å². The predicted molar refractivity (Wildman–Crippen MR) is 126 cm³/mol. The van der Waals surface area contributed by atoms with Crippen molar-refractivity contribution in [1.29, 1.82) is 0 Å². The molecule has 0 spiro atoms. The molecule has 1 aliphatic rings. The number of nitrogens with zero attached hydrogens (tertiary/aromatic N) is 1. The molecule has 1 aromatic carbocycles. The zero-order chi connectivity index (χ0) is 21.2. The Hall–Kier alpha value is -2.34. The van der Waals surface area contributed by atoms with Gasteiger partial charge in [-0.2, -0.15) is 0 Å². The Morgan fingerprint density at radius 1 is 1.07 bits per heavy atom. The lowest BCUT2D eigenvalue weighted by molar-refractivity contribution is 0.0963. The van der Waals surface area contributed by atoms with E-state index in [9.17, 15) is 4.79 Å². The second-order valence-corrected chi connectivity index (χ2v) is 8.32. The third kappa shape index (κ3) is 6.59. The van der Waals surface area contributed by atoms with E-state index in [1.807, 2.05) is 6.07 Å². The zero-order valence-electron chi connectivity index (χ0n) is 18.3. The fourth-order valence-corrected chi connectivity index (χ4v) is 3.76. The van der Waals surface area contributed by atoms with E-state index < -0.39 is 0 Å². The van der Waals surface area contributed by atoms with Gasteiger partial charge in [0.05, 0.1) is 16.8 Å². The van der Waals surface area contributed by atoms with Crippen molar-refractivity contribution >= 4 is 28.2 Å². The second-order valence-electron chi connectivity index (χ2n) is 8.32. The minimum Gasteiger partial charge on any atom is -0.385 e. The van der Waals surface area contributed by atoms with Crippen molar-refractivity contribution in [3.05, 3.63) is 30.0 Å². The van der Waals surface area contributed by atoms with Crippen molar-refractivity contribution in [2.24, 2.45) is 5.73 Å². The Kier molecular flexibility index (Phi) is 8.75. The number of carbonyl (C=O) groups excluding carboxylic acids is 1. The standard InChI is InChI=1S/C24H37N5O/c1-26-24(30)21-17-28-22-13-12-19(16-20(22)23(21)29-18-10-11-18)27-15-9-7-5-3-2-4-6-8-14-25/h12-13,16-18,27H,2-11,14-15,25H2,1H3,(H,26,30)(H,28,29). The average Bonchev–Trinajstić information content (AvgIpc) is 3.59. The van der Waals surface area contributed by atoms with Gasteiger partial charge < -0.3 is 21.7 Å². The van der Waals surface area contributed by atoms with Crippen LogP contribution in [0, 0.1) is 0 Å². The molecule has 164 valence electrons. The molecule has 5 N–H and O–H groups in total. The Bertz CT molecular complexity index is 819. The fourth-order valence-electron chi connectivity index (χ4n) is 3.76. The van der Waals surface area contributed by atoms with Crippen LogP contribution in [0.25, 0.3) is 10.9 Å². The molecule has 2 aromatic rings. The quantitative estimate of drug-likeness (QED) is 0.339. The third-order valence-electron chi connectivity index (χ3n) is 5.73. The van der Waals surface area contributed by atoms with Gasteiger partial charge in [-0.15, -0.1) is 0 Å². The first-order valence-electron chi connectivity index (χ1n) is 11.6. The molecule has 0 aliphatic heterocycles. The van der Waals surface area contributed by atoms with Crippen LogP contribution >= 0.6 is 0 Å². The smallest absolute Gasteiger partial charge is 0.254 e. The van der Waals surface area contributed by atoms with Crippen molar-refractivity contribution in [3.63, 3.8) is 0 Å². The van der Waals surface area contributed by atoms with Gasteiger partial charge in [-0.3, -0.25) is 9.78 Å². The molecule has 0 unspecified atom stereocenters. The average molecular weight is 412 g/mol. The van der Waals surface area contributed by atoms with E-state index in [1.54, 1.807) is 13.2 Å². The molecule has 1 amide bonds. The van der Waals surface area contributed by atoms with Crippen molar-refractivity contribution < 1.29 is 4.79 Å². The molecule has 30 heavy (non-hydrogen) atoms. The van der Waals surface area contributed by atoms with Crippen LogP contribution in [0.2, 0.25) is 0 Å². The molecule has 0 bridgehead atoms. The monoisotopic (exact) mass is 411 g/mol. The Morgan fingerprint density at radius 2 is 1.77 bits per heavy atom. The van der Waals surface area contributed by atoms with E-state index in [-0.39, 0.29) is 5.91 Å². The first kappa shape index (κ1) is 22.3. The van der Waals surface area contributed by atoms with Gasteiger partial charge in [0.2, 0.25) is 0 Å². The van der Waals surface area contributed by atoms with Gasteiger partial charge in [0.15, 0.2) is 0 Å². The topological polar surface area (TPSA) is 92.1 Å². The van der Waals surface area contributed by atoms with Crippen LogP contribution in [0.3, 0.4) is 0 Å². The van der Waals surface area contributed by atoms with Crippen LogP contribution in [0.5, 0.6) is 0 Å². The van der Waals surface area contributed by atoms with Crippen LogP contribution < -0.4 is 21.7 Å². The number of hydrogen-bond donors (Lipinski definition) is 4. The lowest BCUT2D eigenvalue weighted by Gasteiger charge is -2.15. The number of amides is 1. The molecule has 0 saturated heterocycles. The molecule has 3 rings (SSSR count). The van der Waals surface area contributed by atoms with Crippen LogP contribution in [-0.2, 0) is 0 Å². The molecule has 0 radical (unpaired) electrons. The van der Waals surface area contributed by atoms with Gasteiger partial charge in [0.25, 0.3) is 5.91 Å². The number of unbranched alkanes of at least 4 members (excludes halogenated alkanes) is 7. The molecule has 1 aliphatic carbocycles. The maximum absolute atomic E-state index is 12.3. The van der Waals surface area contributed by atoms with Crippen LogP contribution in [0.4, 0.5) is 11.4 Å². The Labute approximate surface area is 180 Å². The van der Waals surface area contributed by atoms with Gasteiger partial charge in [-0.25, -0.2) is 0 Å². The molecule has 6 nitrogen and oxygen atoms in total. The van der Waals surface area contributed by atoms with Crippen molar-refractivity contribution in [2.75, 3.05) is 30.8 Å². The van der Waals surface area contributed by atoms with Crippen LogP contribution in [0.1, 0.15) is 74.6 Å². The highest BCUT2D eigenvalue weighted by atomic mass is 16.1. The van der Waals surface area contributed by atoms with E-state index in [0.717, 1.165) is 54.6 Å². The summed E-state index contributed by atoms with van der Waals surface area (Å²) < 4.78 is 0. The Morgan fingerprint density at radius 3 is 2.43 bits per heavy atom. The summed E-state index contributed by atoms with van der Waals surface area (Å²) in [6.45, 7) is 1.79. The highest BCUT2D eigenvalue weighted by molar-refractivity contribution is 6.07. The first-order chi connectivity index (χ1) is 14.7. The third-order valence-corrected chi connectivity index (χ3v) is 5.73. The lowest BCUT2D eigenvalue weighted by Crippen LogP contribution is -2.20. The number of aromatic nitrogens is 1. The second kappa shape index (κ2) is 11.7. The number of pyridine rings is 1. The summed E-state index contributed by atoms with van der Waals surface area (Å²) in [6.07, 6.45) is 14.1. The van der Waals surface area contributed by atoms with Crippen LogP contribution in [0.15, 0.2) is 24.4 Å². The fraction of sp³-hybridized carbons (Fsp3) is 0.583. The van der Waals surface area contributed by atoms with E-state index in [4.69, 9.17) is 5.73 Å². The summed E-state index contributed by atoms with van der Waals surface area (Å²) in [6, 6.07) is 6.69. The minimum atomic E-state index is -0.103. The maximum atomic E-state index is 12.3. The highest BCUT2D eigenvalue weighted by Crippen LogP contribution is 2.33. The highest BCUT2D eigenvalue weighted by Gasteiger charge is 2.24. The van der Waals surface area contributed by atoms with E-state index in [0.29, 0.717) is 11.6 Å². The van der Waals surface area contributed by atoms with Crippen molar-refractivity contribution in [2.45, 2.75) is 70.3 Å². The van der Waals surface area contributed by atoms with Gasteiger partial charge in [-0.05, 0) is 50.4 Å². The molecule has 1 saturated carbocycles. The molecule has 1 heterocycles. The number of rotatable bonds is 14. The van der Waals surface area contributed by atoms with Crippen LogP contribution in [-0.4, -0.2) is 37.1 Å². The lowest BCUT2D eigenvalue weighted by atomic mass is 10.1. The molecule has 6 heteroatoms. The normalized spacial score (nSPS) is 13.4. The SMILES string of the molecule is CNC(=O)c1cnc2ccc(NCCCCCCCCCCN)cc2c1NC1CC1. The number of hydrogen-bond acceptors (Lipinski definition) is 5. The summed E-state index contributed by atoms with van der Waals surface area (Å²) >= 11 is 0. The zero-order valence-corrected chi connectivity index (χ0v) is 18.3. The number of carbonyl (C=O) groups is 1. The number of anilines is 2. The molecule has 1 aromatic heterocycles. The van der Waals surface area contributed by atoms with E-state index in [1.165, 1.54) is 44.9 Å². The number of nitrogens with one attached hydrogen (secondary N) is 3.